The van der Waals surface area contributed by atoms with Gasteiger partial charge in [-0.15, -0.1) is 0 Å². The van der Waals surface area contributed by atoms with Gasteiger partial charge < -0.3 is 19.5 Å². The van der Waals surface area contributed by atoms with Crippen LogP contribution in [0.1, 0.15) is 23.8 Å². The average molecular weight is 305 g/mol. The van der Waals surface area contributed by atoms with Crippen molar-refractivity contribution in [1.29, 1.82) is 0 Å². The molecule has 120 valence electrons. The van der Waals surface area contributed by atoms with Gasteiger partial charge in [0.25, 0.3) is 5.91 Å². The lowest BCUT2D eigenvalue weighted by Gasteiger charge is -2.26. The number of amides is 2. The van der Waals surface area contributed by atoms with Crippen LogP contribution in [-0.2, 0) is 9.53 Å². The minimum atomic E-state index is -0.407. The molecule has 1 N–H and O–H groups in total. The molecule has 2 amide bonds. The van der Waals surface area contributed by atoms with Gasteiger partial charge >= 0.3 is 0 Å². The molecule has 0 aromatic carbocycles. The molecule has 6 heteroatoms. The molecule has 0 aliphatic carbocycles. The van der Waals surface area contributed by atoms with Crippen molar-refractivity contribution >= 4 is 11.8 Å². The highest BCUT2D eigenvalue weighted by Crippen LogP contribution is 2.44. The summed E-state index contributed by atoms with van der Waals surface area (Å²) in [6, 6.07) is 3.59. The van der Waals surface area contributed by atoms with Gasteiger partial charge in [-0.1, -0.05) is 6.92 Å². The molecule has 22 heavy (non-hydrogen) atoms. The number of nitrogens with one attached hydrogen (secondary N) is 1. The highest BCUT2D eigenvalue weighted by Gasteiger charge is 2.55. The van der Waals surface area contributed by atoms with Gasteiger partial charge in [0.15, 0.2) is 0 Å². The van der Waals surface area contributed by atoms with E-state index >= 15 is 0 Å². The number of carbonyl (C=O) groups is 2. The lowest BCUT2D eigenvalue weighted by Crippen LogP contribution is -2.41. The van der Waals surface area contributed by atoms with E-state index in [1.165, 1.54) is 0 Å². The van der Waals surface area contributed by atoms with E-state index in [0.29, 0.717) is 31.9 Å². The minimum absolute atomic E-state index is 0.0168. The number of likely N-dealkylation sites (tertiary alicyclic amines) is 2. The number of ether oxygens (including phenoxy) is 1. The molecule has 6 nitrogen and oxygen atoms in total. The van der Waals surface area contributed by atoms with Crippen LogP contribution in [0.4, 0.5) is 0 Å². The summed E-state index contributed by atoms with van der Waals surface area (Å²) in [5.74, 6) is 0.349. The molecule has 0 saturated carbocycles. The van der Waals surface area contributed by atoms with Crippen molar-refractivity contribution in [3.05, 3.63) is 24.0 Å². The molecule has 1 aromatic heterocycles. The summed E-state index contributed by atoms with van der Waals surface area (Å²) in [7, 11) is 1.64. The summed E-state index contributed by atoms with van der Waals surface area (Å²) >= 11 is 0. The van der Waals surface area contributed by atoms with Gasteiger partial charge in [-0.05, 0) is 24.5 Å². The first kappa shape index (κ1) is 15.1. The molecule has 1 aromatic rings. The molecular weight excluding hydrogens is 282 g/mol. The van der Waals surface area contributed by atoms with Crippen molar-refractivity contribution in [2.24, 2.45) is 11.3 Å². The molecular formula is C16H23N3O3. The minimum Gasteiger partial charge on any atom is -0.383 e. The highest BCUT2D eigenvalue weighted by atomic mass is 16.5. The first-order chi connectivity index (χ1) is 10.6. The van der Waals surface area contributed by atoms with Crippen LogP contribution in [0.2, 0.25) is 0 Å². The standard InChI is InChI=1S/C16H23N3O3/c1-12-10-19(14(20)13-4-3-6-17-13)11-16(12)5-7-18(15(16)21)8-9-22-2/h3-4,6,12,17H,5,7-11H2,1-2H3/t12-,16-/m1/s1. The molecule has 0 unspecified atom stereocenters. The zero-order valence-electron chi connectivity index (χ0n) is 13.2. The largest absolute Gasteiger partial charge is 0.383 e. The molecule has 2 atom stereocenters. The van der Waals surface area contributed by atoms with Gasteiger partial charge in [-0.25, -0.2) is 0 Å². The molecule has 0 radical (unpaired) electrons. The molecule has 0 bridgehead atoms. The number of nitrogens with zero attached hydrogens (tertiary/aromatic N) is 2. The fourth-order valence-corrected chi connectivity index (χ4v) is 3.73. The number of aromatic nitrogens is 1. The van der Waals surface area contributed by atoms with Gasteiger partial charge in [0, 0.05) is 39.5 Å². The van der Waals surface area contributed by atoms with Gasteiger partial charge in [-0.2, -0.15) is 0 Å². The Morgan fingerprint density at radius 1 is 1.55 bits per heavy atom. The number of carbonyl (C=O) groups excluding carboxylic acids is 2. The Labute approximate surface area is 130 Å². The monoisotopic (exact) mass is 305 g/mol. The second kappa shape index (κ2) is 5.76. The Kier molecular flexibility index (Phi) is 3.95. The van der Waals surface area contributed by atoms with Crippen molar-refractivity contribution in [3.8, 4) is 0 Å². The van der Waals surface area contributed by atoms with E-state index < -0.39 is 5.41 Å². The molecule has 3 heterocycles. The zero-order valence-corrected chi connectivity index (χ0v) is 13.2. The number of aromatic amines is 1. The third-order valence-electron chi connectivity index (χ3n) is 5.13. The molecule has 2 aliphatic heterocycles. The van der Waals surface area contributed by atoms with Crippen LogP contribution in [-0.4, -0.2) is 66.5 Å². The van der Waals surface area contributed by atoms with Crippen molar-refractivity contribution in [1.82, 2.24) is 14.8 Å². The number of hydrogen-bond donors (Lipinski definition) is 1. The first-order valence-corrected chi connectivity index (χ1v) is 7.79. The molecule has 2 fully saturated rings. The Morgan fingerprint density at radius 3 is 3.05 bits per heavy atom. The van der Waals surface area contributed by atoms with Crippen molar-refractivity contribution in [2.45, 2.75) is 13.3 Å². The Balaban J connectivity index is 1.73. The summed E-state index contributed by atoms with van der Waals surface area (Å²) in [5, 5.41) is 0. The van der Waals surface area contributed by atoms with E-state index in [4.69, 9.17) is 4.74 Å². The Hall–Kier alpha value is -1.82. The average Bonchev–Trinajstić information content (AvgIpc) is 3.21. The smallest absolute Gasteiger partial charge is 0.270 e. The molecule has 3 rings (SSSR count). The predicted molar refractivity (Wildman–Crippen MR) is 81.4 cm³/mol. The second-order valence-corrected chi connectivity index (χ2v) is 6.36. The van der Waals surface area contributed by atoms with E-state index in [1.54, 1.807) is 19.4 Å². The molecule has 1 spiro atoms. The Bertz CT molecular complexity index is 557. The number of rotatable bonds is 4. The number of H-pyrrole nitrogens is 1. The predicted octanol–water partition coefficient (Wildman–Crippen LogP) is 0.972. The van der Waals surface area contributed by atoms with Crippen molar-refractivity contribution in [2.75, 3.05) is 39.9 Å². The summed E-state index contributed by atoms with van der Waals surface area (Å²) in [5.41, 5.74) is 0.182. The highest BCUT2D eigenvalue weighted by molar-refractivity contribution is 5.94. The summed E-state index contributed by atoms with van der Waals surface area (Å²) in [6.45, 7) is 5.20. The van der Waals surface area contributed by atoms with Gasteiger partial charge in [0.05, 0.1) is 12.0 Å². The van der Waals surface area contributed by atoms with Crippen LogP contribution in [0.15, 0.2) is 18.3 Å². The first-order valence-electron chi connectivity index (χ1n) is 7.79. The second-order valence-electron chi connectivity index (χ2n) is 6.36. The third kappa shape index (κ3) is 2.31. The van der Waals surface area contributed by atoms with Gasteiger partial charge in [-0.3, -0.25) is 9.59 Å². The zero-order chi connectivity index (χ0) is 15.7. The lowest BCUT2D eigenvalue weighted by atomic mass is 9.78. The third-order valence-corrected chi connectivity index (χ3v) is 5.13. The Morgan fingerprint density at radius 2 is 2.36 bits per heavy atom. The quantitative estimate of drug-likeness (QED) is 0.901. The summed E-state index contributed by atoms with van der Waals surface area (Å²) in [4.78, 5) is 32.0. The number of hydrogen-bond acceptors (Lipinski definition) is 3. The van der Waals surface area contributed by atoms with Crippen LogP contribution in [0.25, 0.3) is 0 Å². The van der Waals surface area contributed by atoms with Crippen molar-refractivity contribution in [3.63, 3.8) is 0 Å². The van der Waals surface area contributed by atoms with E-state index in [9.17, 15) is 9.59 Å². The van der Waals surface area contributed by atoms with E-state index in [1.807, 2.05) is 15.9 Å². The van der Waals surface area contributed by atoms with Crippen LogP contribution in [0.5, 0.6) is 0 Å². The molecule has 2 saturated heterocycles. The van der Waals surface area contributed by atoms with Gasteiger partial charge in [0.1, 0.15) is 5.69 Å². The van der Waals surface area contributed by atoms with Crippen LogP contribution in [0.3, 0.4) is 0 Å². The topological polar surface area (TPSA) is 65.6 Å². The maximum Gasteiger partial charge on any atom is 0.270 e. The fourth-order valence-electron chi connectivity index (χ4n) is 3.73. The fraction of sp³-hybridized carbons (Fsp3) is 0.625. The van der Waals surface area contributed by atoms with E-state index in [0.717, 1.165) is 13.0 Å². The normalized spacial score (nSPS) is 28.1. The van der Waals surface area contributed by atoms with Gasteiger partial charge in [0.2, 0.25) is 5.91 Å². The lowest BCUT2D eigenvalue weighted by molar-refractivity contribution is -0.137. The van der Waals surface area contributed by atoms with E-state index in [-0.39, 0.29) is 17.7 Å². The summed E-state index contributed by atoms with van der Waals surface area (Å²) < 4.78 is 5.08. The van der Waals surface area contributed by atoms with Crippen molar-refractivity contribution < 1.29 is 14.3 Å². The maximum atomic E-state index is 12.8. The maximum absolute atomic E-state index is 12.8. The van der Waals surface area contributed by atoms with Crippen LogP contribution >= 0.6 is 0 Å². The van der Waals surface area contributed by atoms with Crippen LogP contribution < -0.4 is 0 Å². The summed E-state index contributed by atoms with van der Waals surface area (Å²) in [6.07, 6.45) is 2.57. The van der Waals surface area contributed by atoms with Crippen LogP contribution in [0, 0.1) is 11.3 Å². The van der Waals surface area contributed by atoms with E-state index in [2.05, 4.69) is 11.9 Å². The number of methoxy groups -OCH3 is 1. The molecule has 2 aliphatic rings. The SMILES string of the molecule is COCCN1CC[C@]2(CN(C(=O)c3ccc[nH]3)C[C@H]2C)C1=O.